The molecule has 0 heterocycles. The summed E-state index contributed by atoms with van der Waals surface area (Å²) in [5.41, 5.74) is 0. The smallest absolute Gasteiger partial charge is 0.870 e. The second kappa shape index (κ2) is 14.7. The van der Waals surface area contributed by atoms with Gasteiger partial charge in [-0.1, -0.05) is 18.2 Å². The Morgan fingerprint density at radius 2 is 1.58 bits per heavy atom. The van der Waals surface area contributed by atoms with E-state index in [2.05, 4.69) is 12.6 Å². The maximum Gasteiger partial charge on any atom is 1.00 e. The van der Waals surface area contributed by atoms with Crippen LogP contribution in [0, 0.1) is 0 Å². The van der Waals surface area contributed by atoms with Gasteiger partial charge in [0, 0.05) is 0 Å². The van der Waals surface area contributed by atoms with E-state index in [1.54, 1.807) is 0 Å². The molecule has 0 aliphatic carbocycles. The Bertz CT molecular complexity index is 164. The molecule has 2 N–H and O–H groups in total. The van der Waals surface area contributed by atoms with Gasteiger partial charge in [0.2, 0.25) is 0 Å². The van der Waals surface area contributed by atoms with Crippen molar-refractivity contribution in [2.24, 2.45) is 0 Å². The predicted molar refractivity (Wildman–Crippen MR) is 44.8 cm³/mol. The van der Waals surface area contributed by atoms with Crippen LogP contribution in [-0.2, 0) is 12.6 Å². The topological polar surface area (TPSA) is 73.3 Å². The largest absolute Gasteiger partial charge is 1.00 e. The normalized spacial score (nSPS) is 6.25. The first-order valence-corrected chi connectivity index (χ1v) is 3.15. The third kappa shape index (κ3) is 13.7. The summed E-state index contributed by atoms with van der Waals surface area (Å²) in [6.45, 7) is 0. The van der Waals surface area contributed by atoms with Crippen molar-refractivity contribution in [3.8, 4) is 0 Å². The third-order valence-electron chi connectivity index (χ3n) is 0.774. The van der Waals surface area contributed by atoms with Gasteiger partial charge in [-0.05, 0) is 24.8 Å². The summed E-state index contributed by atoms with van der Waals surface area (Å²) < 4.78 is 0. The fourth-order valence-electron chi connectivity index (χ4n) is 0.438. The SMILES string of the molecule is [K+].[O-][B]O.[OH-].[SH2+]c1ccccc1. The van der Waals surface area contributed by atoms with Crippen molar-refractivity contribution in [3.63, 3.8) is 0 Å². The standard InChI is InChI=1S/C6H6S.BHO2.K.H2O/c7-6-4-2-1-3-5-6;2-1-3;;/h1-5,7H;2H;;1H2/q;-1;+1;. The molecular weight excluding hydrogens is 202 g/mol. The van der Waals surface area contributed by atoms with Crippen molar-refractivity contribution in [3.05, 3.63) is 30.3 Å². The van der Waals surface area contributed by atoms with Crippen molar-refractivity contribution >= 4 is 20.3 Å². The van der Waals surface area contributed by atoms with Gasteiger partial charge in [0.25, 0.3) is 0 Å². The van der Waals surface area contributed by atoms with Crippen molar-refractivity contribution in [1.29, 1.82) is 0 Å². The maximum atomic E-state index is 8.36. The van der Waals surface area contributed by atoms with Gasteiger partial charge >= 0.3 is 51.4 Å². The van der Waals surface area contributed by atoms with E-state index < -0.39 is 0 Å². The monoisotopic (exact) mass is 211 g/mol. The van der Waals surface area contributed by atoms with Crippen LogP contribution in [0.2, 0.25) is 0 Å². The molecular formula is C6H9BKO3S. The van der Waals surface area contributed by atoms with Crippen LogP contribution >= 0.6 is 0 Å². The molecule has 0 atom stereocenters. The van der Waals surface area contributed by atoms with Gasteiger partial charge in [-0.2, -0.15) is 0 Å². The average molecular weight is 211 g/mol. The van der Waals surface area contributed by atoms with Gasteiger partial charge in [-0.25, -0.2) is 0 Å². The minimum Gasteiger partial charge on any atom is -0.870 e. The Morgan fingerprint density at radius 3 is 1.75 bits per heavy atom. The summed E-state index contributed by atoms with van der Waals surface area (Å²) in [6, 6.07) is 9.96. The Kier molecular flexibility index (Phi) is 23.0. The second-order valence-electron chi connectivity index (χ2n) is 1.47. The van der Waals surface area contributed by atoms with E-state index >= 15 is 0 Å². The van der Waals surface area contributed by atoms with E-state index in [9.17, 15) is 0 Å². The maximum absolute atomic E-state index is 8.36. The summed E-state index contributed by atoms with van der Waals surface area (Å²) >= 11 is 3.36. The van der Waals surface area contributed by atoms with Crippen molar-refractivity contribution in [2.75, 3.05) is 0 Å². The minimum absolute atomic E-state index is 0. The van der Waals surface area contributed by atoms with Gasteiger partial charge in [-0.15, -0.1) is 0 Å². The number of benzene rings is 1. The predicted octanol–water partition coefficient (Wildman–Crippen LogP) is -4.24. The molecule has 1 aromatic rings. The third-order valence-corrected chi connectivity index (χ3v) is 1.11. The van der Waals surface area contributed by atoms with Crippen LogP contribution in [0.15, 0.2) is 35.2 Å². The second-order valence-corrected chi connectivity index (χ2v) is 2.05. The molecule has 0 aliphatic heterocycles. The summed E-state index contributed by atoms with van der Waals surface area (Å²) in [4.78, 5) is 1.13. The molecule has 0 saturated carbocycles. The molecule has 1 aromatic carbocycles. The zero-order valence-corrected chi connectivity index (χ0v) is 10.9. The Labute approximate surface area is 121 Å². The van der Waals surface area contributed by atoms with Crippen LogP contribution < -0.4 is 56.4 Å². The first kappa shape index (κ1) is 18.8. The zero-order chi connectivity index (χ0) is 7.82. The first-order valence-electron chi connectivity index (χ1n) is 2.65. The molecule has 0 amide bonds. The fraction of sp³-hybridized carbons (Fsp3) is 0. The molecule has 0 unspecified atom stereocenters. The number of hydrogen-bond donors (Lipinski definition) is 1. The van der Waals surface area contributed by atoms with Gasteiger partial charge in [0.05, 0.1) is 0 Å². The minimum atomic E-state index is -0.250. The Morgan fingerprint density at radius 1 is 1.25 bits per heavy atom. The number of rotatable bonds is 0. The van der Waals surface area contributed by atoms with Gasteiger partial charge < -0.3 is 15.5 Å². The Hall–Kier alpha value is 1.15. The van der Waals surface area contributed by atoms with E-state index in [-0.39, 0.29) is 64.5 Å². The molecule has 61 valence electrons. The summed E-state index contributed by atoms with van der Waals surface area (Å²) in [7, 11) is -0.250. The molecule has 1 radical (unpaired) electrons. The van der Waals surface area contributed by atoms with Crippen molar-refractivity contribution in [2.45, 2.75) is 4.90 Å². The number of hydrogen-bond acceptors (Lipinski definition) is 3. The van der Waals surface area contributed by atoms with Gasteiger partial charge in [-0.3, -0.25) is 0 Å². The van der Waals surface area contributed by atoms with Crippen LogP contribution in [0.5, 0.6) is 0 Å². The molecule has 0 bridgehead atoms. The molecule has 1 rings (SSSR count). The van der Waals surface area contributed by atoms with Gasteiger partial charge in [0.15, 0.2) is 7.69 Å². The summed E-state index contributed by atoms with van der Waals surface area (Å²) in [5, 5.41) is 15.2. The quantitative estimate of drug-likeness (QED) is 0.349. The van der Waals surface area contributed by atoms with E-state index in [1.807, 2.05) is 30.3 Å². The summed E-state index contributed by atoms with van der Waals surface area (Å²) in [5.74, 6) is 0. The first-order chi connectivity index (χ1) is 4.81. The molecule has 12 heavy (non-hydrogen) atoms. The molecule has 0 spiro atoms. The Balaban J connectivity index is -0.000000146. The molecule has 3 nitrogen and oxygen atoms in total. The van der Waals surface area contributed by atoms with Crippen LogP contribution in [0.1, 0.15) is 0 Å². The van der Waals surface area contributed by atoms with Gasteiger partial charge in [0.1, 0.15) is 4.90 Å². The molecule has 0 saturated heterocycles. The van der Waals surface area contributed by atoms with E-state index in [0.717, 1.165) is 4.90 Å². The van der Waals surface area contributed by atoms with Crippen LogP contribution in [-0.4, -0.2) is 18.2 Å². The fourth-order valence-corrected chi connectivity index (χ4v) is 0.631. The molecule has 6 heteroatoms. The van der Waals surface area contributed by atoms with Crippen LogP contribution in [0.4, 0.5) is 0 Å². The van der Waals surface area contributed by atoms with Crippen LogP contribution in [0.3, 0.4) is 0 Å². The van der Waals surface area contributed by atoms with Crippen LogP contribution in [0.25, 0.3) is 0 Å². The molecule has 0 fully saturated rings. The molecule has 0 aromatic heterocycles. The average Bonchev–Trinajstić information content (AvgIpc) is 1.91. The van der Waals surface area contributed by atoms with E-state index in [4.69, 9.17) is 10.0 Å². The van der Waals surface area contributed by atoms with Crippen molar-refractivity contribution < 1.29 is 66.9 Å². The molecule has 0 aliphatic rings. The van der Waals surface area contributed by atoms with E-state index in [1.165, 1.54) is 0 Å². The zero-order valence-electron chi connectivity index (χ0n) is 6.77. The van der Waals surface area contributed by atoms with Crippen molar-refractivity contribution in [1.82, 2.24) is 0 Å². The summed E-state index contributed by atoms with van der Waals surface area (Å²) in [6.07, 6.45) is 0. The van der Waals surface area contributed by atoms with E-state index in [0.29, 0.717) is 0 Å².